The first-order valence-corrected chi connectivity index (χ1v) is 5.22. The lowest BCUT2D eigenvalue weighted by atomic mass is 9.87. The van der Waals surface area contributed by atoms with Gasteiger partial charge < -0.3 is 0 Å². The molecule has 0 aromatic heterocycles. The van der Waals surface area contributed by atoms with Gasteiger partial charge in [0.1, 0.15) is 0 Å². The highest BCUT2D eigenvalue weighted by Crippen LogP contribution is 2.22. The van der Waals surface area contributed by atoms with E-state index in [9.17, 15) is 0 Å². The number of rotatable bonds is 6. The summed E-state index contributed by atoms with van der Waals surface area (Å²) in [6, 6.07) is 0. The Labute approximate surface area is 79.8 Å². The monoisotopic (exact) mass is 172 g/mol. The van der Waals surface area contributed by atoms with Crippen molar-refractivity contribution in [1.29, 1.82) is 0 Å². The lowest BCUT2D eigenvalue weighted by Crippen LogP contribution is -2.07. The maximum absolute atomic E-state index is 2.36. The van der Waals surface area contributed by atoms with Crippen molar-refractivity contribution in [2.45, 2.75) is 67.2 Å². The molecular weight excluding hydrogens is 144 g/mol. The first-order valence-electron chi connectivity index (χ1n) is 5.22. The molecule has 0 fully saturated rings. The van der Waals surface area contributed by atoms with Crippen LogP contribution in [0.5, 0.6) is 0 Å². The summed E-state index contributed by atoms with van der Waals surface area (Å²) < 4.78 is 0. The summed E-state index contributed by atoms with van der Waals surface area (Å²) in [5.74, 6) is 1.88. The molecule has 0 aliphatic rings. The Balaban J connectivity index is 0. The molecule has 0 aromatic rings. The third-order valence-corrected chi connectivity index (χ3v) is 2.53. The maximum atomic E-state index is 2.36. The van der Waals surface area contributed by atoms with Gasteiger partial charge in [0.2, 0.25) is 0 Å². The van der Waals surface area contributed by atoms with Gasteiger partial charge in [0.25, 0.3) is 0 Å². The van der Waals surface area contributed by atoms with Gasteiger partial charge in [-0.15, -0.1) is 0 Å². The molecule has 0 heteroatoms. The van der Waals surface area contributed by atoms with Crippen LogP contribution in [0.3, 0.4) is 0 Å². The fourth-order valence-corrected chi connectivity index (χ4v) is 1.65. The van der Waals surface area contributed by atoms with Gasteiger partial charge in [0.05, 0.1) is 0 Å². The Hall–Kier alpha value is 0. The minimum atomic E-state index is 0. The van der Waals surface area contributed by atoms with Crippen LogP contribution >= 0.6 is 0 Å². The summed E-state index contributed by atoms with van der Waals surface area (Å²) >= 11 is 0. The third-order valence-electron chi connectivity index (χ3n) is 2.53. The average Bonchev–Trinajstić information content (AvgIpc) is 1.97. The van der Waals surface area contributed by atoms with Gasteiger partial charge >= 0.3 is 0 Å². The summed E-state index contributed by atoms with van der Waals surface area (Å²) in [6.45, 7) is 9.29. The topological polar surface area (TPSA) is 0 Å². The van der Waals surface area contributed by atoms with Crippen LogP contribution < -0.4 is 0 Å². The SMILES string of the molecule is C.CCCC[C@H](CCC)C(C)C. The molecule has 0 nitrogen and oxygen atoms in total. The van der Waals surface area contributed by atoms with Gasteiger partial charge in [-0.3, -0.25) is 0 Å². The second-order valence-electron chi connectivity index (χ2n) is 3.94. The van der Waals surface area contributed by atoms with Crippen LogP contribution in [0.4, 0.5) is 0 Å². The zero-order valence-corrected chi connectivity index (χ0v) is 8.69. The Bertz CT molecular complexity index is 74.1. The molecule has 0 saturated heterocycles. The van der Waals surface area contributed by atoms with Crippen molar-refractivity contribution in [3.05, 3.63) is 0 Å². The highest BCUT2D eigenvalue weighted by atomic mass is 14.2. The van der Waals surface area contributed by atoms with Crippen LogP contribution in [-0.4, -0.2) is 0 Å². The van der Waals surface area contributed by atoms with Gasteiger partial charge in [-0.1, -0.05) is 67.2 Å². The molecule has 0 rings (SSSR count). The quantitative estimate of drug-likeness (QED) is 0.535. The fraction of sp³-hybridized carbons (Fsp3) is 1.00. The minimum Gasteiger partial charge on any atom is -0.0776 e. The Morgan fingerprint density at radius 2 is 1.50 bits per heavy atom. The molecule has 0 saturated carbocycles. The Kier molecular flexibility index (Phi) is 11.0. The molecule has 0 unspecified atom stereocenters. The standard InChI is InChI=1S/C11H24.CH4/c1-5-7-9-11(8-6-2)10(3)4;/h10-11H,5-9H2,1-4H3;1H4/t11-;/m0./s1. The van der Waals surface area contributed by atoms with Crippen LogP contribution in [0.1, 0.15) is 67.2 Å². The summed E-state index contributed by atoms with van der Waals surface area (Å²) in [6.07, 6.45) is 7.00. The van der Waals surface area contributed by atoms with Crippen LogP contribution in [-0.2, 0) is 0 Å². The number of hydrogen-bond acceptors (Lipinski definition) is 0. The van der Waals surface area contributed by atoms with Crippen molar-refractivity contribution in [3.63, 3.8) is 0 Å². The smallest absolute Gasteiger partial charge is 0.0391 e. The van der Waals surface area contributed by atoms with Gasteiger partial charge in [0, 0.05) is 0 Å². The van der Waals surface area contributed by atoms with Crippen molar-refractivity contribution in [2.75, 3.05) is 0 Å². The van der Waals surface area contributed by atoms with E-state index in [1.165, 1.54) is 32.1 Å². The second-order valence-corrected chi connectivity index (χ2v) is 3.94. The van der Waals surface area contributed by atoms with Gasteiger partial charge in [-0.2, -0.15) is 0 Å². The molecule has 12 heavy (non-hydrogen) atoms. The summed E-state index contributed by atoms with van der Waals surface area (Å²) in [5, 5.41) is 0. The lowest BCUT2D eigenvalue weighted by Gasteiger charge is -2.19. The molecule has 0 bridgehead atoms. The van der Waals surface area contributed by atoms with Crippen LogP contribution in [0.2, 0.25) is 0 Å². The maximum Gasteiger partial charge on any atom is -0.0391 e. The largest absolute Gasteiger partial charge is 0.0776 e. The zero-order chi connectivity index (χ0) is 8.69. The molecular formula is C12H28. The normalized spacial score (nSPS) is 12.8. The van der Waals surface area contributed by atoms with Crippen molar-refractivity contribution in [2.24, 2.45) is 11.8 Å². The van der Waals surface area contributed by atoms with E-state index in [0.29, 0.717) is 0 Å². The average molecular weight is 172 g/mol. The predicted molar refractivity (Wildman–Crippen MR) is 59.5 cm³/mol. The highest BCUT2D eigenvalue weighted by molar-refractivity contribution is 4.62. The van der Waals surface area contributed by atoms with E-state index in [2.05, 4.69) is 27.7 Å². The van der Waals surface area contributed by atoms with E-state index < -0.39 is 0 Å². The van der Waals surface area contributed by atoms with E-state index >= 15 is 0 Å². The van der Waals surface area contributed by atoms with Crippen LogP contribution in [0.15, 0.2) is 0 Å². The molecule has 0 aliphatic carbocycles. The molecule has 0 heterocycles. The van der Waals surface area contributed by atoms with E-state index in [0.717, 1.165) is 11.8 Å². The molecule has 0 aliphatic heterocycles. The van der Waals surface area contributed by atoms with Crippen molar-refractivity contribution in [1.82, 2.24) is 0 Å². The van der Waals surface area contributed by atoms with E-state index in [1.54, 1.807) is 0 Å². The molecule has 0 radical (unpaired) electrons. The summed E-state index contributed by atoms with van der Waals surface area (Å²) in [7, 11) is 0. The highest BCUT2D eigenvalue weighted by Gasteiger charge is 2.10. The zero-order valence-electron chi connectivity index (χ0n) is 8.69. The van der Waals surface area contributed by atoms with Gasteiger partial charge in [-0.25, -0.2) is 0 Å². The Morgan fingerprint density at radius 1 is 0.917 bits per heavy atom. The number of hydrogen-bond donors (Lipinski definition) is 0. The van der Waals surface area contributed by atoms with Crippen molar-refractivity contribution < 1.29 is 0 Å². The van der Waals surface area contributed by atoms with Crippen LogP contribution in [0, 0.1) is 11.8 Å². The van der Waals surface area contributed by atoms with Crippen molar-refractivity contribution >= 4 is 0 Å². The first kappa shape index (κ1) is 14.5. The summed E-state index contributed by atoms with van der Waals surface area (Å²) in [5.41, 5.74) is 0. The molecule has 0 aromatic carbocycles. The van der Waals surface area contributed by atoms with E-state index in [-0.39, 0.29) is 7.43 Å². The number of unbranched alkanes of at least 4 members (excludes halogenated alkanes) is 1. The van der Waals surface area contributed by atoms with E-state index in [1.807, 2.05) is 0 Å². The lowest BCUT2D eigenvalue weighted by molar-refractivity contribution is 0.325. The first-order chi connectivity index (χ1) is 5.22. The minimum absolute atomic E-state index is 0. The van der Waals surface area contributed by atoms with Crippen LogP contribution in [0.25, 0.3) is 0 Å². The van der Waals surface area contributed by atoms with Gasteiger partial charge in [-0.05, 0) is 11.8 Å². The third kappa shape index (κ3) is 6.69. The molecule has 1 atom stereocenters. The van der Waals surface area contributed by atoms with Gasteiger partial charge in [0.15, 0.2) is 0 Å². The fourth-order valence-electron chi connectivity index (χ4n) is 1.65. The molecule has 0 N–H and O–H groups in total. The Morgan fingerprint density at radius 3 is 1.83 bits per heavy atom. The second kappa shape index (κ2) is 9.09. The molecule has 76 valence electrons. The predicted octanol–water partition coefficient (Wildman–Crippen LogP) is 4.89. The molecule has 0 amide bonds. The summed E-state index contributed by atoms with van der Waals surface area (Å²) in [4.78, 5) is 0. The van der Waals surface area contributed by atoms with Crippen molar-refractivity contribution in [3.8, 4) is 0 Å². The van der Waals surface area contributed by atoms with E-state index in [4.69, 9.17) is 0 Å². The molecule has 0 spiro atoms.